The molecule has 0 aliphatic heterocycles. The van der Waals surface area contributed by atoms with Crippen molar-refractivity contribution in [1.29, 1.82) is 0 Å². The number of nitrogens with two attached hydrogens (primary N) is 3. The molecule has 0 unspecified atom stereocenters. The predicted octanol–water partition coefficient (Wildman–Crippen LogP) is 1.07. The Bertz CT molecular complexity index is 1220. The maximum Gasteiger partial charge on any atom is 0.315 e. The molecule has 0 spiro atoms. The topological polar surface area (TPSA) is 174 Å². The number of anilines is 2. The Morgan fingerprint density at radius 1 is 1.19 bits per heavy atom. The second kappa shape index (κ2) is 10.1. The van der Waals surface area contributed by atoms with Crippen LogP contribution in [0.4, 0.5) is 11.5 Å². The van der Waals surface area contributed by atoms with Crippen LogP contribution in [0.2, 0.25) is 0 Å². The van der Waals surface area contributed by atoms with Gasteiger partial charge in [-0.2, -0.15) is 0 Å². The largest absolute Gasteiger partial charge is 0.403 e. The highest BCUT2D eigenvalue weighted by molar-refractivity contribution is 6.40. The van der Waals surface area contributed by atoms with Crippen LogP contribution in [-0.2, 0) is 9.59 Å². The number of allylic oxidation sites excluding steroid dienone is 1. The number of benzene rings is 1. The number of nitrogen functional groups attached to an aromatic ring is 1. The quantitative estimate of drug-likeness (QED) is 0.220. The van der Waals surface area contributed by atoms with Gasteiger partial charge in [-0.05, 0) is 47.7 Å². The van der Waals surface area contributed by atoms with Crippen LogP contribution >= 0.6 is 0 Å². The zero-order valence-electron chi connectivity index (χ0n) is 17.5. The molecule has 10 nitrogen and oxygen atoms in total. The lowest BCUT2D eigenvalue weighted by atomic mass is 9.99. The van der Waals surface area contributed by atoms with Gasteiger partial charge in [0.1, 0.15) is 5.82 Å². The number of carbonyl (C=O) groups is 2. The Balaban J connectivity index is 1.81. The van der Waals surface area contributed by atoms with Crippen LogP contribution in [0.5, 0.6) is 0 Å². The van der Waals surface area contributed by atoms with E-state index in [9.17, 15) is 9.59 Å². The highest BCUT2D eigenvalue weighted by Crippen LogP contribution is 2.31. The number of carbonyl (C=O) groups excluding carboxylic acids is 2. The second-order valence-electron chi connectivity index (χ2n) is 6.90. The third kappa shape index (κ3) is 5.24. The first-order valence-electron chi connectivity index (χ1n) is 9.77. The third-order valence-electron chi connectivity index (χ3n) is 4.59. The smallest absolute Gasteiger partial charge is 0.315 e. The fourth-order valence-corrected chi connectivity index (χ4v) is 2.99. The van der Waals surface area contributed by atoms with Gasteiger partial charge in [0, 0.05) is 54.2 Å². The van der Waals surface area contributed by atoms with Gasteiger partial charge in [0.15, 0.2) is 0 Å². The minimum Gasteiger partial charge on any atom is -0.403 e. The Labute approximate surface area is 184 Å². The SMILES string of the molecule is Cc1ccncc1-c1cc(N)c2cnc(NC(=O)C(=O)NC(C=NCCN)=CN)cc2c1. The number of aromatic nitrogens is 2. The van der Waals surface area contributed by atoms with Gasteiger partial charge in [0.25, 0.3) is 0 Å². The van der Waals surface area contributed by atoms with E-state index in [1.54, 1.807) is 24.7 Å². The Morgan fingerprint density at radius 3 is 2.72 bits per heavy atom. The molecular formula is C22H24N8O2. The average molecular weight is 432 g/mol. The summed E-state index contributed by atoms with van der Waals surface area (Å²) in [6.07, 6.45) is 7.49. The summed E-state index contributed by atoms with van der Waals surface area (Å²) >= 11 is 0. The van der Waals surface area contributed by atoms with Crippen LogP contribution in [0.3, 0.4) is 0 Å². The molecule has 32 heavy (non-hydrogen) atoms. The molecule has 2 heterocycles. The minimum absolute atomic E-state index is 0.175. The molecule has 0 aliphatic carbocycles. The molecule has 0 bridgehead atoms. The van der Waals surface area contributed by atoms with Crippen molar-refractivity contribution < 1.29 is 9.59 Å². The normalized spacial score (nSPS) is 11.6. The van der Waals surface area contributed by atoms with Gasteiger partial charge in [0.05, 0.1) is 12.2 Å². The number of fused-ring (bicyclic) bond motifs is 1. The Kier molecular flexibility index (Phi) is 7.09. The molecule has 164 valence electrons. The van der Waals surface area contributed by atoms with Gasteiger partial charge in [-0.15, -0.1) is 0 Å². The third-order valence-corrected chi connectivity index (χ3v) is 4.59. The van der Waals surface area contributed by atoms with Crippen molar-refractivity contribution in [3.8, 4) is 11.1 Å². The van der Waals surface area contributed by atoms with E-state index in [0.29, 0.717) is 18.8 Å². The van der Waals surface area contributed by atoms with Gasteiger partial charge in [0.2, 0.25) is 0 Å². The molecule has 3 aromatic rings. The summed E-state index contributed by atoms with van der Waals surface area (Å²) in [4.78, 5) is 36.8. The lowest BCUT2D eigenvalue weighted by molar-refractivity contribution is -0.135. The molecule has 2 amide bonds. The van der Waals surface area contributed by atoms with Gasteiger partial charge >= 0.3 is 11.8 Å². The summed E-state index contributed by atoms with van der Waals surface area (Å²) in [5.41, 5.74) is 20.6. The van der Waals surface area contributed by atoms with Gasteiger partial charge in [-0.1, -0.05) is 0 Å². The van der Waals surface area contributed by atoms with Crippen molar-refractivity contribution in [2.24, 2.45) is 16.5 Å². The molecule has 2 aromatic heterocycles. The van der Waals surface area contributed by atoms with Crippen molar-refractivity contribution in [1.82, 2.24) is 15.3 Å². The highest BCUT2D eigenvalue weighted by Gasteiger charge is 2.16. The Hall–Kier alpha value is -4.31. The number of hydrogen-bond donors (Lipinski definition) is 5. The van der Waals surface area contributed by atoms with Gasteiger partial charge < -0.3 is 27.8 Å². The van der Waals surface area contributed by atoms with Crippen molar-refractivity contribution in [2.45, 2.75) is 6.92 Å². The van der Waals surface area contributed by atoms with E-state index >= 15 is 0 Å². The molecule has 10 heteroatoms. The van der Waals surface area contributed by atoms with Gasteiger partial charge in [-0.3, -0.25) is 19.6 Å². The van der Waals surface area contributed by atoms with Crippen LogP contribution in [0.1, 0.15) is 5.56 Å². The first-order chi connectivity index (χ1) is 15.4. The zero-order valence-corrected chi connectivity index (χ0v) is 17.5. The molecule has 0 aliphatic rings. The summed E-state index contributed by atoms with van der Waals surface area (Å²) < 4.78 is 0. The summed E-state index contributed by atoms with van der Waals surface area (Å²) in [7, 11) is 0. The molecule has 0 saturated heterocycles. The van der Waals surface area contributed by atoms with Crippen molar-refractivity contribution in [2.75, 3.05) is 24.1 Å². The molecular weight excluding hydrogens is 408 g/mol. The van der Waals surface area contributed by atoms with Crippen LogP contribution in [-0.4, -0.2) is 41.1 Å². The average Bonchev–Trinajstić information content (AvgIpc) is 2.78. The molecule has 0 radical (unpaired) electrons. The highest BCUT2D eigenvalue weighted by atomic mass is 16.2. The maximum atomic E-state index is 12.3. The van der Waals surface area contributed by atoms with E-state index in [0.717, 1.165) is 33.7 Å². The summed E-state index contributed by atoms with van der Waals surface area (Å²) in [6, 6.07) is 7.34. The lowest BCUT2D eigenvalue weighted by Crippen LogP contribution is -2.35. The van der Waals surface area contributed by atoms with E-state index in [2.05, 4.69) is 25.6 Å². The van der Waals surface area contributed by atoms with Crippen LogP contribution in [0.15, 0.2) is 59.7 Å². The summed E-state index contributed by atoms with van der Waals surface area (Å²) in [5, 5.41) is 6.32. The standard InChI is InChI=1S/C22H24N8O2/c1-13-2-4-26-11-17(13)14-6-15-8-20(28-12-18(15)19(25)7-14)30-22(32)21(31)29-16(9-24)10-27-5-3-23/h2,4,6-12H,3,5,23-25H2,1H3,(H,29,31)(H,28,30,32). The Morgan fingerprint density at radius 2 is 2.00 bits per heavy atom. The zero-order chi connectivity index (χ0) is 23.1. The molecule has 3 rings (SSSR count). The van der Waals surface area contributed by atoms with Crippen molar-refractivity contribution in [3.05, 3.63) is 60.3 Å². The minimum atomic E-state index is -0.915. The molecule has 0 saturated carbocycles. The van der Waals surface area contributed by atoms with E-state index in [1.165, 1.54) is 6.21 Å². The van der Waals surface area contributed by atoms with Crippen molar-refractivity contribution >= 4 is 40.3 Å². The molecule has 8 N–H and O–H groups in total. The number of hydrogen-bond acceptors (Lipinski definition) is 8. The van der Waals surface area contributed by atoms with E-state index < -0.39 is 11.8 Å². The first kappa shape index (κ1) is 22.4. The van der Waals surface area contributed by atoms with Crippen LogP contribution in [0.25, 0.3) is 21.9 Å². The fraction of sp³-hybridized carbons (Fsp3) is 0.136. The van der Waals surface area contributed by atoms with Crippen LogP contribution < -0.4 is 27.8 Å². The maximum absolute atomic E-state index is 12.3. The number of rotatable bonds is 6. The molecule has 0 atom stereocenters. The summed E-state index contributed by atoms with van der Waals surface area (Å²) in [6.45, 7) is 2.70. The van der Waals surface area contributed by atoms with E-state index in [-0.39, 0.29) is 11.5 Å². The molecule has 1 aromatic carbocycles. The van der Waals surface area contributed by atoms with E-state index in [4.69, 9.17) is 17.2 Å². The summed E-state index contributed by atoms with van der Waals surface area (Å²) in [5.74, 6) is -1.62. The number of nitrogens with one attached hydrogen (secondary N) is 2. The predicted molar refractivity (Wildman–Crippen MR) is 126 cm³/mol. The fourth-order valence-electron chi connectivity index (χ4n) is 2.99. The number of pyridine rings is 2. The number of amides is 2. The van der Waals surface area contributed by atoms with Crippen LogP contribution in [0, 0.1) is 6.92 Å². The number of aliphatic imine (C=N–C) groups is 1. The lowest BCUT2D eigenvalue weighted by Gasteiger charge is -2.11. The molecule has 0 fully saturated rings. The van der Waals surface area contributed by atoms with Crippen molar-refractivity contribution in [3.63, 3.8) is 0 Å². The number of aryl methyl sites for hydroxylation is 1. The monoisotopic (exact) mass is 432 g/mol. The van der Waals surface area contributed by atoms with E-state index in [1.807, 2.05) is 25.1 Å². The number of nitrogens with zero attached hydrogens (tertiary/aromatic N) is 3. The first-order valence-corrected chi connectivity index (χ1v) is 9.77. The second-order valence-corrected chi connectivity index (χ2v) is 6.90. The van der Waals surface area contributed by atoms with Gasteiger partial charge in [-0.25, -0.2) is 4.98 Å².